The Morgan fingerprint density at radius 3 is 2.33 bits per heavy atom. The first-order valence-corrected chi connectivity index (χ1v) is 9.58. The Bertz CT molecular complexity index is 794. The molecule has 0 aliphatic rings. The van der Waals surface area contributed by atoms with Crippen molar-refractivity contribution in [2.24, 2.45) is 0 Å². The summed E-state index contributed by atoms with van der Waals surface area (Å²) in [5.74, 6) is -0.365. The van der Waals surface area contributed by atoms with Gasteiger partial charge in [-0.25, -0.2) is 8.42 Å². The zero-order valence-electron chi connectivity index (χ0n) is 13.3. The van der Waals surface area contributed by atoms with E-state index in [2.05, 4.69) is 5.32 Å². The van der Waals surface area contributed by atoms with Gasteiger partial charge in [0.25, 0.3) is 0 Å². The summed E-state index contributed by atoms with van der Waals surface area (Å²) in [6.07, 6.45) is 1.08. The number of sulfonamides is 1. The van der Waals surface area contributed by atoms with Gasteiger partial charge in [-0.05, 0) is 17.2 Å². The highest BCUT2D eigenvalue weighted by molar-refractivity contribution is 7.88. The molecule has 0 aromatic heterocycles. The van der Waals surface area contributed by atoms with Gasteiger partial charge in [0.2, 0.25) is 15.9 Å². The average Bonchev–Trinajstić information content (AvgIpc) is 2.54. The van der Waals surface area contributed by atoms with Gasteiger partial charge in [0.1, 0.15) is 0 Å². The van der Waals surface area contributed by atoms with E-state index in [4.69, 9.17) is 11.6 Å². The van der Waals surface area contributed by atoms with Gasteiger partial charge in [-0.3, -0.25) is 4.79 Å². The van der Waals surface area contributed by atoms with E-state index in [-0.39, 0.29) is 19.0 Å². The van der Waals surface area contributed by atoms with Gasteiger partial charge in [-0.15, -0.1) is 0 Å². The van der Waals surface area contributed by atoms with E-state index in [0.717, 1.165) is 16.1 Å². The molecule has 0 heterocycles. The van der Waals surface area contributed by atoms with Crippen LogP contribution >= 0.6 is 11.6 Å². The molecule has 0 spiro atoms. The van der Waals surface area contributed by atoms with Gasteiger partial charge in [0.15, 0.2) is 0 Å². The fourth-order valence-corrected chi connectivity index (χ4v) is 3.04. The highest BCUT2D eigenvalue weighted by Gasteiger charge is 2.21. The van der Waals surface area contributed by atoms with Crippen molar-refractivity contribution >= 4 is 27.5 Å². The number of carbonyl (C=O) groups is 1. The summed E-state index contributed by atoms with van der Waals surface area (Å²) in [6, 6.07) is 16.4. The summed E-state index contributed by atoms with van der Waals surface area (Å²) >= 11 is 6.07. The van der Waals surface area contributed by atoms with E-state index < -0.39 is 10.0 Å². The van der Waals surface area contributed by atoms with E-state index in [0.29, 0.717) is 17.1 Å². The molecular formula is C17H19ClN2O3S. The predicted molar refractivity (Wildman–Crippen MR) is 95.0 cm³/mol. The summed E-state index contributed by atoms with van der Waals surface area (Å²) in [5, 5.41) is 3.19. The van der Waals surface area contributed by atoms with Crippen LogP contribution in [0.4, 0.5) is 0 Å². The molecule has 2 aromatic carbocycles. The van der Waals surface area contributed by atoms with E-state index in [1.165, 1.54) is 0 Å². The average molecular weight is 367 g/mol. The molecule has 2 aromatic rings. The second kappa shape index (κ2) is 8.28. The molecular weight excluding hydrogens is 348 g/mol. The molecule has 0 saturated carbocycles. The lowest BCUT2D eigenvalue weighted by atomic mass is 10.2. The summed E-state index contributed by atoms with van der Waals surface area (Å²) < 4.78 is 25.0. The third kappa shape index (κ3) is 5.63. The highest BCUT2D eigenvalue weighted by Crippen LogP contribution is 2.18. The molecule has 1 N–H and O–H groups in total. The van der Waals surface area contributed by atoms with Crippen molar-refractivity contribution in [1.82, 2.24) is 9.62 Å². The van der Waals surface area contributed by atoms with Gasteiger partial charge in [0, 0.05) is 18.1 Å². The summed E-state index contributed by atoms with van der Waals surface area (Å²) in [6.45, 7) is 0.150. The maximum absolute atomic E-state index is 12.1. The van der Waals surface area contributed by atoms with Gasteiger partial charge in [-0.1, -0.05) is 60.1 Å². The van der Waals surface area contributed by atoms with E-state index in [1.54, 1.807) is 24.3 Å². The lowest BCUT2D eigenvalue weighted by Crippen LogP contribution is -2.39. The van der Waals surface area contributed by atoms with E-state index >= 15 is 0 Å². The zero-order chi connectivity index (χ0) is 17.6. The van der Waals surface area contributed by atoms with Gasteiger partial charge < -0.3 is 5.32 Å². The van der Waals surface area contributed by atoms with Gasteiger partial charge >= 0.3 is 0 Å². The fourth-order valence-electron chi connectivity index (χ4n) is 2.12. The van der Waals surface area contributed by atoms with Gasteiger partial charge in [0.05, 0.1) is 12.8 Å². The lowest BCUT2D eigenvalue weighted by molar-refractivity contribution is -0.121. The minimum absolute atomic E-state index is 0.0528. The summed E-state index contributed by atoms with van der Waals surface area (Å²) in [4.78, 5) is 12.1. The fraction of sp³-hybridized carbons (Fsp3) is 0.235. The molecule has 0 atom stereocenters. The van der Waals surface area contributed by atoms with Crippen LogP contribution in [0.1, 0.15) is 11.1 Å². The molecule has 0 fully saturated rings. The predicted octanol–water partition coefficient (Wildman–Crippen LogP) is 2.42. The zero-order valence-corrected chi connectivity index (χ0v) is 14.8. The number of amides is 1. The lowest BCUT2D eigenvalue weighted by Gasteiger charge is -2.20. The van der Waals surface area contributed by atoms with Crippen LogP contribution in [0, 0.1) is 0 Å². The molecule has 0 unspecified atom stereocenters. The molecule has 1 amide bonds. The number of rotatable bonds is 7. The van der Waals surface area contributed by atoms with Crippen LogP contribution in [0.2, 0.25) is 5.02 Å². The summed E-state index contributed by atoms with van der Waals surface area (Å²) in [5.41, 5.74) is 1.60. The molecule has 24 heavy (non-hydrogen) atoms. The van der Waals surface area contributed by atoms with Crippen molar-refractivity contribution in [3.05, 3.63) is 70.7 Å². The molecule has 7 heteroatoms. The van der Waals surface area contributed by atoms with Crippen LogP contribution in [0.25, 0.3) is 0 Å². The molecule has 0 aliphatic heterocycles. The quantitative estimate of drug-likeness (QED) is 0.818. The molecule has 128 valence electrons. The Morgan fingerprint density at radius 2 is 1.71 bits per heavy atom. The van der Waals surface area contributed by atoms with E-state index in [9.17, 15) is 13.2 Å². The number of carbonyl (C=O) groups excluding carboxylic acids is 1. The first-order valence-electron chi connectivity index (χ1n) is 7.35. The van der Waals surface area contributed by atoms with Crippen LogP contribution < -0.4 is 5.32 Å². The highest BCUT2D eigenvalue weighted by atomic mass is 35.5. The smallest absolute Gasteiger partial charge is 0.235 e. The Labute approximate surface area is 147 Å². The molecule has 0 saturated heterocycles. The van der Waals surface area contributed by atoms with E-state index in [1.807, 2.05) is 30.3 Å². The third-order valence-electron chi connectivity index (χ3n) is 3.43. The van der Waals surface area contributed by atoms with Crippen LogP contribution in [0.5, 0.6) is 0 Å². The van der Waals surface area contributed by atoms with Crippen molar-refractivity contribution < 1.29 is 13.2 Å². The monoisotopic (exact) mass is 366 g/mol. The maximum Gasteiger partial charge on any atom is 0.235 e. The number of nitrogens with one attached hydrogen (secondary N) is 1. The molecule has 5 nitrogen and oxygen atoms in total. The Morgan fingerprint density at radius 1 is 1.08 bits per heavy atom. The number of nitrogens with zero attached hydrogens (tertiary/aromatic N) is 1. The Kier molecular flexibility index (Phi) is 6.36. The normalized spacial score (nSPS) is 11.5. The minimum atomic E-state index is -3.54. The van der Waals surface area contributed by atoms with Crippen molar-refractivity contribution in [1.29, 1.82) is 0 Å². The van der Waals surface area contributed by atoms with Crippen molar-refractivity contribution in [3.63, 3.8) is 0 Å². The number of benzene rings is 2. The maximum atomic E-state index is 12.1. The van der Waals surface area contributed by atoms with Crippen molar-refractivity contribution in [2.75, 3.05) is 12.8 Å². The van der Waals surface area contributed by atoms with Gasteiger partial charge in [-0.2, -0.15) is 4.31 Å². The standard InChI is InChI=1S/C17H19ClN2O3S/c1-24(22,23)20(12-15-9-5-6-10-16(15)18)13-17(21)19-11-14-7-3-2-4-8-14/h2-10H,11-13H2,1H3,(H,19,21). The number of hydrogen-bond acceptors (Lipinski definition) is 3. The topological polar surface area (TPSA) is 66.5 Å². The minimum Gasteiger partial charge on any atom is -0.351 e. The van der Waals surface area contributed by atoms with Crippen LogP contribution in [0.15, 0.2) is 54.6 Å². The summed E-state index contributed by atoms with van der Waals surface area (Å²) in [7, 11) is -3.54. The van der Waals surface area contributed by atoms with Crippen LogP contribution in [-0.4, -0.2) is 31.4 Å². The van der Waals surface area contributed by atoms with Crippen LogP contribution in [-0.2, 0) is 27.9 Å². The number of hydrogen-bond donors (Lipinski definition) is 1. The second-order valence-electron chi connectivity index (χ2n) is 5.38. The van der Waals surface area contributed by atoms with Crippen molar-refractivity contribution in [3.8, 4) is 0 Å². The first kappa shape index (κ1) is 18.4. The molecule has 2 rings (SSSR count). The number of halogens is 1. The largest absolute Gasteiger partial charge is 0.351 e. The Hall–Kier alpha value is -1.89. The third-order valence-corrected chi connectivity index (χ3v) is 4.99. The molecule has 0 bridgehead atoms. The molecule has 0 radical (unpaired) electrons. The van der Waals surface area contributed by atoms with Crippen molar-refractivity contribution in [2.45, 2.75) is 13.1 Å². The second-order valence-corrected chi connectivity index (χ2v) is 7.77. The first-order chi connectivity index (χ1) is 11.4. The Balaban J connectivity index is 2.01. The van der Waals surface area contributed by atoms with Crippen LogP contribution in [0.3, 0.4) is 0 Å². The molecule has 0 aliphatic carbocycles. The SMILES string of the molecule is CS(=O)(=O)N(CC(=O)NCc1ccccc1)Cc1ccccc1Cl.